The average molecular weight is 462 g/mol. The number of Topliss-reactive ketones (excluding diaryl/α,β-unsaturated/α-hetero) is 1. The fraction of sp³-hybridized carbons (Fsp3) is 0.115. The molecule has 0 unspecified atom stereocenters. The van der Waals surface area contributed by atoms with Crippen molar-refractivity contribution < 1.29 is 18.7 Å². The number of halogens is 1. The Bertz CT molecular complexity index is 1370. The van der Waals surface area contributed by atoms with E-state index in [1.54, 1.807) is 66.7 Å². The maximum Gasteiger partial charge on any atom is 0.224 e. The van der Waals surface area contributed by atoms with Crippen molar-refractivity contribution >= 4 is 39.9 Å². The molecule has 1 heterocycles. The van der Waals surface area contributed by atoms with Crippen molar-refractivity contribution in [1.82, 2.24) is 0 Å². The SMILES string of the molecule is COc1ccc2oc(-c3ccc(NC(=O)CCC(=O)c4ccc(Cl)cc4)cc3)cc(=O)c2c1. The molecule has 0 radical (unpaired) electrons. The van der Waals surface area contributed by atoms with Gasteiger partial charge < -0.3 is 14.5 Å². The summed E-state index contributed by atoms with van der Waals surface area (Å²) in [5, 5.41) is 3.76. The summed E-state index contributed by atoms with van der Waals surface area (Å²) in [7, 11) is 1.54. The zero-order valence-electron chi connectivity index (χ0n) is 17.8. The number of hydrogen-bond donors (Lipinski definition) is 1. The highest BCUT2D eigenvalue weighted by molar-refractivity contribution is 6.30. The second-order valence-corrected chi connectivity index (χ2v) is 7.83. The van der Waals surface area contributed by atoms with Crippen molar-refractivity contribution in [3.8, 4) is 17.1 Å². The number of rotatable bonds is 7. The summed E-state index contributed by atoms with van der Waals surface area (Å²) in [6, 6.07) is 20.0. The lowest BCUT2D eigenvalue weighted by molar-refractivity contribution is -0.116. The Morgan fingerprint density at radius 2 is 1.67 bits per heavy atom. The van der Waals surface area contributed by atoms with Crippen LogP contribution in [0.2, 0.25) is 5.02 Å². The molecule has 0 atom stereocenters. The van der Waals surface area contributed by atoms with Crippen molar-refractivity contribution in [2.45, 2.75) is 12.8 Å². The second kappa shape index (κ2) is 9.71. The van der Waals surface area contributed by atoms with Crippen molar-refractivity contribution in [2.75, 3.05) is 12.4 Å². The van der Waals surface area contributed by atoms with Gasteiger partial charge in [0, 0.05) is 40.7 Å². The maximum atomic E-state index is 12.5. The smallest absolute Gasteiger partial charge is 0.224 e. The minimum atomic E-state index is -0.267. The van der Waals surface area contributed by atoms with Crippen LogP contribution in [0.5, 0.6) is 5.75 Å². The number of benzene rings is 3. The number of ketones is 1. The molecule has 0 aliphatic carbocycles. The van der Waals surface area contributed by atoms with E-state index < -0.39 is 0 Å². The van der Waals surface area contributed by atoms with Gasteiger partial charge in [0.25, 0.3) is 0 Å². The summed E-state index contributed by atoms with van der Waals surface area (Å²) < 4.78 is 11.0. The molecular formula is C26H20ClNO5. The standard InChI is InChI=1S/C26H20ClNO5/c1-32-20-10-12-24-21(14-20)23(30)15-25(33-24)17-4-8-19(9-5-17)28-26(31)13-11-22(29)16-2-6-18(27)7-3-16/h2-10,12,14-15H,11,13H2,1H3,(H,28,31). The van der Waals surface area contributed by atoms with Gasteiger partial charge in [-0.3, -0.25) is 14.4 Å². The number of fused-ring (bicyclic) bond motifs is 1. The van der Waals surface area contributed by atoms with Gasteiger partial charge in [-0.2, -0.15) is 0 Å². The van der Waals surface area contributed by atoms with E-state index in [1.165, 1.54) is 13.2 Å². The predicted molar refractivity (Wildman–Crippen MR) is 128 cm³/mol. The van der Waals surface area contributed by atoms with Gasteiger partial charge in [-0.25, -0.2) is 0 Å². The Morgan fingerprint density at radius 3 is 2.36 bits per heavy atom. The molecule has 6 nitrogen and oxygen atoms in total. The monoisotopic (exact) mass is 461 g/mol. The molecule has 1 amide bonds. The van der Waals surface area contributed by atoms with Crippen LogP contribution >= 0.6 is 11.6 Å². The third-order valence-corrected chi connectivity index (χ3v) is 5.38. The molecule has 0 aliphatic rings. The van der Waals surface area contributed by atoms with Gasteiger partial charge >= 0.3 is 0 Å². The van der Waals surface area contributed by atoms with E-state index >= 15 is 0 Å². The molecule has 1 N–H and O–H groups in total. The Hall–Kier alpha value is -3.90. The van der Waals surface area contributed by atoms with E-state index in [1.807, 2.05) is 0 Å². The van der Waals surface area contributed by atoms with Gasteiger partial charge in [0.2, 0.25) is 5.91 Å². The number of methoxy groups -OCH3 is 1. The molecule has 0 fully saturated rings. The third kappa shape index (κ3) is 5.30. The van der Waals surface area contributed by atoms with Crippen LogP contribution in [0.4, 0.5) is 5.69 Å². The van der Waals surface area contributed by atoms with Crippen molar-refractivity contribution in [1.29, 1.82) is 0 Å². The fourth-order valence-electron chi connectivity index (χ4n) is 3.35. The number of amides is 1. The van der Waals surface area contributed by atoms with E-state index in [4.69, 9.17) is 20.8 Å². The normalized spacial score (nSPS) is 10.7. The third-order valence-electron chi connectivity index (χ3n) is 5.13. The van der Waals surface area contributed by atoms with Crippen molar-refractivity contribution in [2.24, 2.45) is 0 Å². The van der Waals surface area contributed by atoms with E-state index in [0.717, 1.165) is 0 Å². The first-order valence-corrected chi connectivity index (χ1v) is 10.6. The Morgan fingerprint density at radius 1 is 0.939 bits per heavy atom. The highest BCUT2D eigenvalue weighted by atomic mass is 35.5. The number of anilines is 1. The molecule has 33 heavy (non-hydrogen) atoms. The molecule has 0 saturated carbocycles. The lowest BCUT2D eigenvalue weighted by atomic mass is 10.1. The molecule has 3 aromatic carbocycles. The molecule has 4 aromatic rings. The first kappa shape index (κ1) is 22.3. The molecule has 0 saturated heterocycles. The molecular weight excluding hydrogens is 442 g/mol. The lowest BCUT2D eigenvalue weighted by Gasteiger charge is -2.08. The summed E-state index contributed by atoms with van der Waals surface area (Å²) >= 11 is 5.83. The van der Waals surface area contributed by atoms with Crippen molar-refractivity contribution in [3.63, 3.8) is 0 Å². The summed E-state index contributed by atoms with van der Waals surface area (Å²) in [5.41, 5.74) is 2.08. The molecule has 7 heteroatoms. The summed E-state index contributed by atoms with van der Waals surface area (Å²) in [5.74, 6) is 0.610. The fourth-order valence-corrected chi connectivity index (χ4v) is 3.48. The lowest BCUT2D eigenvalue weighted by Crippen LogP contribution is -2.13. The molecule has 4 rings (SSSR count). The Kier molecular flexibility index (Phi) is 6.56. The Balaban J connectivity index is 1.41. The molecule has 166 valence electrons. The summed E-state index contributed by atoms with van der Waals surface area (Å²) in [6.07, 6.45) is 0.158. The average Bonchev–Trinajstić information content (AvgIpc) is 2.83. The highest BCUT2D eigenvalue weighted by Gasteiger charge is 2.11. The molecule has 0 bridgehead atoms. The van der Waals surface area contributed by atoms with E-state index in [2.05, 4.69) is 5.32 Å². The number of carbonyl (C=O) groups is 2. The van der Waals surface area contributed by atoms with Gasteiger partial charge in [-0.1, -0.05) is 11.6 Å². The minimum Gasteiger partial charge on any atom is -0.497 e. The quantitative estimate of drug-likeness (QED) is 0.355. The predicted octanol–water partition coefficient (Wildman–Crippen LogP) is 5.72. The number of hydrogen-bond acceptors (Lipinski definition) is 5. The van der Waals surface area contributed by atoms with E-state index in [9.17, 15) is 14.4 Å². The van der Waals surface area contributed by atoms with Crippen LogP contribution in [-0.2, 0) is 4.79 Å². The van der Waals surface area contributed by atoms with Crippen LogP contribution in [0.25, 0.3) is 22.3 Å². The van der Waals surface area contributed by atoms with Crippen LogP contribution in [0.3, 0.4) is 0 Å². The van der Waals surface area contributed by atoms with Gasteiger partial charge in [-0.05, 0) is 66.7 Å². The van der Waals surface area contributed by atoms with Crippen LogP contribution in [0.1, 0.15) is 23.2 Å². The van der Waals surface area contributed by atoms with Crippen LogP contribution < -0.4 is 15.5 Å². The molecule has 0 spiro atoms. The second-order valence-electron chi connectivity index (χ2n) is 7.39. The zero-order chi connectivity index (χ0) is 23.4. The summed E-state index contributed by atoms with van der Waals surface area (Å²) in [6.45, 7) is 0. The number of nitrogens with one attached hydrogen (secondary N) is 1. The van der Waals surface area contributed by atoms with Gasteiger partial charge in [-0.15, -0.1) is 0 Å². The van der Waals surface area contributed by atoms with Gasteiger partial charge in [0.05, 0.1) is 12.5 Å². The Labute approximate surface area is 194 Å². The number of ether oxygens (including phenoxy) is 1. The van der Waals surface area contributed by atoms with Crippen molar-refractivity contribution in [3.05, 3.63) is 93.6 Å². The molecule has 1 aromatic heterocycles. The summed E-state index contributed by atoms with van der Waals surface area (Å²) in [4.78, 5) is 36.9. The first-order chi connectivity index (χ1) is 15.9. The zero-order valence-corrected chi connectivity index (χ0v) is 18.5. The molecule has 0 aliphatic heterocycles. The van der Waals surface area contributed by atoms with Crippen LogP contribution in [0, 0.1) is 0 Å². The van der Waals surface area contributed by atoms with E-state index in [-0.39, 0.29) is 30.0 Å². The maximum absolute atomic E-state index is 12.5. The largest absolute Gasteiger partial charge is 0.497 e. The van der Waals surface area contributed by atoms with Gasteiger partial charge in [0.15, 0.2) is 11.2 Å². The number of carbonyl (C=O) groups excluding carboxylic acids is 2. The highest BCUT2D eigenvalue weighted by Crippen LogP contribution is 2.25. The minimum absolute atomic E-state index is 0.0617. The topological polar surface area (TPSA) is 85.6 Å². The van der Waals surface area contributed by atoms with Crippen LogP contribution in [-0.4, -0.2) is 18.8 Å². The van der Waals surface area contributed by atoms with Gasteiger partial charge in [0.1, 0.15) is 17.1 Å². The first-order valence-electron chi connectivity index (χ1n) is 10.2. The van der Waals surface area contributed by atoms with Crippen LogP contribution in [0.15, 0.2) is 82.0 Å². The van der Waals surface area contributed by atoms with E-state index in [0.29, 0.717) is 44.3 Å².